The van der Waals surface area contributed by atoms with Crippen LogP contribution in [0.25, 0.3) is 0 Å². The van der Waals surface area contributed by atoms with Gasteiger partial charge in [0.15, 0.2) is 16.6 Å². The smallest absolute Gasteiger partial charge is 0.306 e. The molecule has 0 amide bonds. The number of carbonyl (C=O) groups excluding carboxylic acids is 1. The SMILES string of the molecule is CCCCCCCCCCCC[C@H](O[Si](C)(C)C(C)(C)C)[C@@H]1CC[C@@H]([C@H](CC[C@H](O)[C@@H]2CCC(=O)O2)O[Si](C)(C)C(C)(C)C)O1. The molecule has 0 aromatic rings. The number of hydrogen-bond donors (Lipinski definition) is 1. The van der Waals surface area contributed by atoms with Gasteiger partial charge in [-0.2, -0.15) is 0 Å². The van der Waals surface area contributed by atoms with Crippen LogP contribution in [0.1, 0.15) is 158 Å². The molecule has 6 atom stereocenters. The fourth-order valence-electron chi connectivity index (χ4n) is 6.16. The van der Waals surface area contributed by atoms with Gasteiger partial charge in [-0.05, 0) is 74.8 Å². The van der Waals surface area contributed by atoms with E-state index < -0.39 is 28.8 Å². The summed E-state index contributed by atoms with van der Waals surface area (Å²) < 4.78 is 26.5. The average Bonchev–Trinajstić information content (AvgIpc) is 3.59. The molecule has 0 aromatic heterocycles. The van der Waals surface area contributed by atoms with Crippen LogP contribution in [0, 0.1) is 0 Å². The Hall–Kier alpha value is -0.256. The van der Waals surface area contributed by atoms with E-state index in [1.807, 2.05) is 0 Å². The third kappa shape index (κ3) is 13.6. The molecule has 266 valence electrons. The first-order valence-corrected chi connectivity index (χ1v) is 24.6. The summed E-state index contributed by atoms with van der Waals surface area (Å²) >= 11 is 0. The van der Waals surface area contributed by atoms with Gasteiger partial charge in [0.2, 0.25) is 0 Å². The zero-order chi connectivity index (χ0) is 33.9. The summed E-state index contributed by atoms with van der Waals surface area (Å²) in [6, 6.07) is 0. The molecule has 2 aliphatic heterocycles. The number of esters is 1. The number of ether oxygens (including phenoxy) is 2. The van der Waals surface area contributed by atoms with E-state index in [1.54, 1.807) is 0 Å². The zero-order valence-electron chi connectivity index (χ0n) is 31.5. The zero-order valence-corrected chi connectivity index (χ0v) is 33.5. The van der Waals surface area contributed by atoms with Crippen molar-refractivity contribution in [2.24, 2.45) is 0 Å². The molecule has 0 saturated carbocycles. The first kappa shape index (κ1) is 40.9. The van der Waals surface area contributed by atoms with E-state index in [9.17, 15) is 9.90 Å². The summed E-state index contributed by atoms with van der Waals surface area (Å²) in [6.45, 7) is 25.4. The summed E-state index contributed by atoms with van der Waals surface area (Å²) in [4.78, 5) is 11.7. The van der Waals surface area contributed by atoms with Crippen molar-refractivity contribution in [3.8, 4) is 0 Å². The number of aliphatic hydroxyl groups is 1. The van der Waals surface area contributed by atoms with Crippen molar-refractivity contribution in [1.29, 1.82) is 0 Å². The summed E-state index contributed by atoms with van der Waals surface area (Å²) in [5.74, 6) is -0.203. The Balaban J connectivity index is 2.06. The van der Waals surface area contributed by atoms with Crippen LogP contribution < -0.4 is 0 Å². The molecule has 2 heterocycles. The minimum absolute atomic E-state index is 0.0133. The highest BCUT2D eigenvalue weighted by Crippen LogP contribution is 2.42. The Morgan fingerprint density at radius 2 is 1.13 bits per heavy atom. The second-order valence-corrected chi connectivity index (χ2v) is 26.8. The van der Waals surface area contributed by atoms with Crippen LogP contribution in [0.4, 0.5) is 0 Å². The fourth-order valence-corrected chi connectivity index (χ4v) is 8.92. The number of hydrogen-bond acceptors (Lipinski definition) is 6. The Kier molecular flexibility index (Phi) is 16.8. The minimum atomic E-state index is -2.08. The molecule has 0 spiro atoms. The lowest BCUT2D eigenvalue weighted by Gasteiger charge is -2.42. The van der Waals surface area contributed by atoms with Gasteiger partial charge in [-0.25, -0.2) is 0 Å². The molecule has 0 radical (unpaired) electrons. The first-order chi connectivity index (χ1) is 20.9. The van der Waals surface area contributed by atoms with Gasteiger partial charge in [-0.1, -0.05) is 113 Å². The summed E-state index contributed by atoms with van der Waals surface area (Å²) in [7, 11) is -4.06. The Labute approximate surface area is 280 Å². The monoisotopic (exact) mass is 671 g/mol. The molecule has 8 heteroatoms. The maximum absolute atomic E-state index is 11.7. The Morgan fingerprint density at radius 1 is 0.689 bits per heavy atom. The Morgan fingerprint density at radius 3 is 1.56 bits per heavy atom. The van der Waals surface area contributed by atoms with E-state index in [1.165, 1.54) is 64.2 Å². The predicted molar refractivity (Wildman–Crippen MR) is 193 cm³/mol. The van der Waals surface area contributed by atoms with Gasteiger partial charge >= 0.3 is 5.97 Å². The van der Waals surface area contributed by atoms with Gasteiger partial charge in [-0.15, -0.1) is 0 Å². The average molecular weight is 671 g/mol. The first-order valence-electron chi connectivity index (χ1n) is 18.8. The molecule has 1 N–H and O–H groups in total. The van der Waals surface area contributed by atoms with Gasteiger partial charge in [-0.3, -0.25) is 4.79 Å². The molecule has 2 aliphatic rings. The van der Waals surface area contributed by atoms with Crippen molar-refractivity contribution in [2.45, 2.75) is 231 Å². The molecule has 6 nitrogen and oxygen atoms in total. The lowest BCUT2D eigenvalue weighted by molar-refractivity contribution is -0.145. The van der Waals surface area contributed by atoms with Gasteiger partial charge < -0.3 is 23.4 Å². The third-order valence-corrected chi connectivity index (χ3v) is 20.4. The van der Waals surface area contributed by atoms with Crippen LogP contribution in [0.3, 0.4) is 0 Å². The van der Waals surface area contributed by atoms with Gasteiger partial charge in [0.25, 0.3) is 0 Å². The highest BCUT2D eigenvalue weighted by atomic mass is 28.4. The second kappa shape index (κ2) is 18.5. The van der Waals surface area contributed by atoms with Crippen LogP contribution in [0.15, 0.2) is 0 Å². The normalized spacial score (nSPS) is 23.7. The molecular formula is C37H74O6Si2. The van der Waals surface area contributed by atoms with Crippen molar-refractivity contribution in [3.05, 3.63) is 0 Å². The number of unbranched alkanes of at least 4 members (excludes halogenated alkanes) is 9. The van der Waals surface area contributed by atoms with E-state index in [-0.39, 0.29) is 40.5 Å². The summed E-state index contributed by atoms with van der Waals surface area (Å²) in [6.07, 6.45) is 17.6. The van der Waals surface area contributed by atoms with Gasteiger partial charge in [0.1, 0.15) is 6.10 Å². The topological polar surface area (TPSA) is 74.2 Å². The van der Waals surface area contributed by atoms with Crippen LogP contribution in [0.5, 0.6) is 0 Å². The fraction of sp³-hybridized carbons (Fsp3) is 0.973. The number of aliphatic hydroxyl groups excluding tert-OH is 1. The van der Waals surface area contributed by atoms with Crippen LogP contribution in [-0.4, -0.2) is 64.3 Å². The van der Waals surface area contributed by atoms with E-state index >= 15 is 0 Å². The van der Waals surface area contributed by atoms with Crippen molar-refractivity contribution < 1.29 is 28.2 Å². The van der Waals surface area contributed by atoms with E-state index in [4.69, 9.17) is 18.3 Å². The number of rotatable bonds is 21. The number of carbonyl (C=O) groups is 1. The maximum Gasteiger partial charge on any atom is 0.306 e. The molecule has 2 rings (SSSR count). The molecule has 45 heavy (non-hydrogen) atoms. The molecule has 2 fully saturated rings. The van der Waals surface area contributed by atoms with Crippen LogP contribution in [0.2, 0.25) is 36.3 Å². The van der Waals surface area contributed by atoms with Crippen LogP contribution >= 0.6 is 0 Å². The van der Waals surface area contributed by atoms with Gasteiger partial charge in [0, 0.05) is 6.42 Å². The molecule has 0 unspecified atom stereocenters. The lowest BCUT2D eigenvalue weighted by atomic mass is 9.99. The van der Waals surface area contributed by atoms with Crippen molar-refractivity contribution in [1.82, 2.24) is 0 Å². The molecule has 0 aliphatic carbocycles. The van der Waals surface area contributed by atoms with Crippen molar-refractivity contribution >= 4 is 22.6 Å². The van der Waals surface area contributed by atoms with Crippen LogP contribution in [-0.2, 0) is 23.1 Å². The maximum atomic E-state index is 11.7. The third-order valence-electron chi connectivity index (χ3n) is 11.4. The molecule has 2 saturated heterocycles. The van der Waals surface area contributed by atoms with E-state index in [0.29, 0.717) is 25.7 Å². The molecule has 0 bridgehead atoms. The molecular weight excluding hydrogens is 597 g/mol. The van der Waals surface area contributed by atoms with Gasteiger partial charge in [0.05, 0.1) is 30.5 Å². The minimum Gasteiger partial charge on any atom is -0.460 e. The number of cyclic esters (lactones) is 1. The molecule has 0 aromatic carbocycles. The predicted octanol–water partition coefficient (Wildman–Crippen LogP) is 10.5. The van der Waals surface area contributed by atoms with E-state index in [2.05, 4.69) is 74.7 Å². The quantitative estimate of drug-likeness (QED) is 0.0744. The lowest BCUT2D eigenvalue weighted by Crippen LogP contribution is -2.49. The highest BCUT2D eigenvalue weighted by molar-refractivity contribution is 6.74. The van der Waals surface area contributed by atoms with Crippen molar-refractivity contribution in [3.63, 3.8) is 0 Å². The summed E-state index contributed by atoms with van der Waals surface area (Å²) in [5.41, 5.74) is 0. The second-order valence-electron chi connectivity index (χ2n) is 17.3. The summed E-state index contributed by atoms with van der Waals surface area (Å²) in [5, 5.41) is 11.1. The Bertz CT molecular complexity index is 849. The largest absolute Gasteiger partial charge is 0.460 e. The standard InChI is InChI=1S/C37H74O6Si2/c1-12-13-14-15-16-17-18-19-20-21-22-33(42-44(8,9)36(2,3)4)31-25-26-32(40-31)34(43-45(10,11)37(5,6)7)24-23-29(38)30-27-28-35(39)41-30/h29-34,38H,12-28H2,1-11H3/t29-,30-,31-,32-,33-,34-/m0/s1. The highest BCUT2D eigenvalue weighted by Gasteiger charge is 2.46. The van der Waals surface area contributed by atoms with E-state index in [0.717, 1.165) is 19.3 Å². The van der Waals surface area contributed by atoms with Crippen molar-refractivity contribution in [2.75, 3.05) is 0 Å².